The molecular formula is C19H38N2S. The zero-order valence-electron chi connectivity index (χ0n) is 15.7. The summed E-state index contributed by atoms with van der Waals surface area (Å²) in [7, 11) is 0. The van der Waals surface area contributed by atoms with Crippen molar-refractivity contribution < 1.29 is 0 Å². The Morgan fingerprint density at radius 3 is 2.00 bits per heavy atom. The molecule has 2 N–H and O–H groups in total. The Morgan fingerprint density at radius 2 is 1.59 bits per heavy atom. The van der Waals surface area contributed by atoms with E-state index in [0.29, 0.717) is 11.5 Å². The van der Waals surface area contributed by atoms with Gasteiger partial charge in [-0.25, -0.2) is 0 Å². The highest BCUT2D eigenvalue weighted by molar-refractivity contribution is 7.80. The van der Waals surface area contributed by atoms with Gasteiger partial charge < -0.3 is 10.6 Å². The Morgan fingerprint density at radius 1 is 1.05 bits per heavy atom. The van der Waals surface area contributed by atoms with Gasteiger partial charge in [-0.15, -0.1) is 0 Å². The van der Waals surface area contributed by atoms with Crippen LogP contribution in [0.2, 0.25) is 0 Å². The van der Waals surface area contributed by atoms with Crippen LogP contribution in [-0.2, 0) is 0 Å². The molecule has 0 aliphatic heterocycles. The van der Waals surface area contributed by atoms with E-state index in [9.17, 15) is 0 Å². The SMILES string of the molecule is CCCCNC(=S)NC1C(CC)CC(C(C)(C)C)CC1CC. The Hall–Kier alpha value is -0.310. The van der Waals surface area contributed by atoms with Gasteiger partial charge in [0.05, 0.1) is 0 Å². The van der Waals surface area contributed by atoms with Crippen molar-refractivity contribution in [1.29, 1.82) is 0 Å². The van der Waals surface area contributed by atoms with Crippen LogP contribution in [0.15, 0.2) is 0 Å². The maximum atomic E-state index is 5.53. The van der Waals surface area contributed by atoms with Crippen molar-refractivity contribution in [2.24, 2.45) is 23.2 Å². The van der Waals surface area contributed by atoms with E-state index in [1.807, 2.05) is 0 Å². The first-order valence-corrected chi connectivity index (χ1v) is 9.78. The summed E-state index contributed by atoms with van der Waals surface area (Å²) in [4.78, 5) is 0. The number of hydrogen-bond donors (Lipinski definition) is 2. The first-order valence-electron chi connectivity index (χ1n) is 9.37. The quantitative estimate of drug-likeness (QED) is 0.523. The second-order valence-corrected chi connectivity index (χ2v) is 8.56. The summed E-state index contributed by atoms with van der Waals surface area (Å²) in [6.45, 7) is 15.1. The second-order valence-electron chi connectivity index (χ2n) is 8.15. The van der Waals surface area contributed by atoms with Crippen LogP contribution in [0.4, 0.5) is 0 Å². The molecule has 0 radical (unpaired) electrons. The molecule has 0 spiro atoms. The fraction of sp³-hybridized carbons (Fsp3) is 0.947. The lowest BCUT2D eigenvalue weighted by atomic mass is 9.62. The van der Waals surface area contributed by atoms with Crippen molar-refractivity contribution in [2.45, 2.75) is 86.1 Å². The number of rotatable bonds is 6. The van der Waals surface area contributed by atoms with Gasteiger partial charge in [0.15, 0.2) is 5.11 Å². The highest BCUT2D eigenvalue weighted by atomic mass is 32.1. The standard InChI is InChI=1S/C19H38N2S/c1-7-10-11-20-18(22)21-17-14(8-2)12-16(19(4,5)6)13-15(17)9-3/h14-17H,7-13H2,1-6H3,(H2,20,21,22). The van der Waals surface area contributed by atoms with Crippen LogP contribution >= 0.6 is 12.2 Å². The van der Waals surface area contributed by atoms with Crippen molar-refractivity contribution in [3.05, 3.63) is 0 Å². The van der Waals surface area contributed by atoms with Gasteiger partial charge in [-0.1, -0.05) is 60.8 Å². The molecule has 130 valence electrons. The third kappa shape index (κ3) is 5.72. The lowest BCUT2D eigenvalue weighted by molar-refractivity contribution is 0.0718. The van der Waals surface area contributed by atoms with Crippen molar-refractivity contribution in [1.82, 2.24) is 10.6 Å². The minimum Gasteiger partial charge on any atom is -0.363 e. The minimum absolute atomic E-state index is 0.422. The van der Waals surface area contributed by atoms with Crippen molar-refractivity contribution in [3.8, 4) is 0 Å². The third-order valence-electron chi connectivity index (χ3n) is 5.58. The van der Waals surface area contributed by atoms with Gasteiger partial charge in [-0.05, 0) is 54.6 Å². The first kappa shape index (κ1) is 19.7. The molecule has 0 saturated heterocycles. The minimum atomic E-state index is 0.422. The van der Waals surface area contributed by atoms with E-state index in [1.165, 1.54) is 38.5 Å². The molecule has 0 aromatic carbocycles. The van der Waals surface area contributed by atoms with E-state index in [-0.39, 0.29) is 0 Å². The van der Waals surface area contributed by atoms with Gasteiger partial charge in [0.1, 0.15) is 0 Å². The van der Waals surface area contributed by atoms with Crippen LogP contribution in [-0.4, -0.2) is 17.7 Å². The molecule has 2 unspecified atom stereocenters. The van der Waals surface area contributed by atoms with Crippen molar-refractivity contribution >= 4 is 17.3 Å². The van der Waals surface area contributed by atoms with Gasteiger partial charge in [0.25, 0.3) is 0 Å². The van der Waals surface area contributed by atoms with Gasteiger partial charge in [-0.3, -0.25) is 0 Å². The van der Waals surface area contributed by atoms with E-state index >= 15 is 0 Å². The highest BCUT2D eigenvalue weighted by Crippen LogP contribution is 2.44. The van der Waals surface area contributed by atoms with Crippen LogP contribution in [0.3, 0.4) is 0 Å². The average Bonchev–Trinajstić information content (AvgIpc) is 2.46. The monoisotopic (exact) mass is 326 g/mol. The van der Waals surface area contributed by atoms with E-state index in [0.717, 1.165) is 29.4 Å². The Labute approximate surface area is 144 Å². The fourth-order valence-electron chi connectivity index (χ4n) is 3.87. The van der Waals surface area contributed by atoms with Crippen LogP contribution < -0.4 is 10.6 Å². The maximum absolute atomic E-state index is 5.53. The Balaban J connectivity index is 2.69. The predicted molar refractivity (Wildman–Crippen MR) is 102 cm³/mol. The van der Waals surface area contributed by atoms with E-state index in [4.69, 9.17) is 12.2 Å². The summed E-state index contributed by atoms with van der Waals surface area (Å²) in [6, 6.07) is 0.551. The van der Waals surface area contributed by atoms with Gasteiger partial charge >= 0.3 is 0 Å². The van der Waals surface area contributed by atoms with E-state index < -0.39 is 0 Å². The lowest BCUT2D eigenvalue weighted by Gasteiger charge is -2.46. The molecule has 0 heterocycles. The van der Waals surface area contributed by atoms with Crippen LogP contribution in [0.1, 0.15) is 80.1 Å². The third-order valence-corrected chi connectivity index (χ3v) is 5.84. The molecule has 0 bridgehead atoms. The molecule has 1 aliphatic rings. The maximum Gasteiger partial charge on any atom is 0.166 e. The van der Waals surface area contributed by atoms with Gasteiger partial charge in [0.2, 0.25) is 0 Å². The second kappa shape index (κ2) is 9.10. The number of hydrogen-bond acceptors (Lipinski definition) is 1. The number of thiocarbonyl (C=S) groups is 1. The largest absolute Gasteiger partial charge is 0.363 e. The lowest BCUT2D eigenvalue weighted by Crippen LogP contribution is -2.53. The van der Waals surface area contributed by atoms with Crippen molar-refractivity contribution in [3.63, 3.8) is 0 Å². The molecule has 3 heteroatoms. The predicted octanol–water partition coefficient (Wildman–Crippen LogP) is 5.13. The molecule has 0 aromatic heterocycles. The average molecular weight is 327 g/mol. The first-order chi connectivity index (χ1) is 10.3. The normalized spacial score (nSPS) is 29.2. The number of nitrogens with one attached hydrogen (secondary N) is 2. The fourth-order valence-corrected chi connectivity index (χ4v) is 4.11. The summed E-state index contributed by atoms with van der Waals surface area (Å²) in [5, 5.41) is 7.92. The molecule has 1 aliphatic carbocycles. The van der Waals surface area contributed by atoms with Crippen molar-refractivity contribution in [2.75, 3.05) is 6.54 Å². The van der Waals surface area contributed by atoms with E-state index in [1.54, 1.807) is 0 Å². The summed E-state index contributed by atoms with van der Waals surface area (Å²) in [5.41, 5.74) is 0.422. The molecule has 2 atom stereocenters. The Bertz CT molecular complexity index is 321. The summed E-state index contributed by atoms with van der Waals surface area (Å²) in [6.07, 6.45) is 7.57. The molecule has 0 aromatic rings. The summed E-state index contributed by atoms with van der Waals surface area (Å²) in [5.74, 6) is 2.32. The van der Waals surface area contributed by atoms with Gasteiger partial charge in [0, 0.05) is 12.6 Å². The molecule has 1 fully saturated rings. The Kier molecular flexibility index (Phi) is 8.16. The molecule has 2 nitrogen and oxygen atoms in total. The summed E-state index contributed by atoms with van der Waals surface area (Å²) >= 11 is 5.53. The summed E-state index contributed by atoms with van der Waals surface area (Å²) < 4.78 is 0. The molecule has 0 amide bonds. The zero-order valence-corrected chi connectivity index (χ0v) is 16.5. The van der Waals surface area contributed by atoms with Crippen LogP contribution in [0.25, 0.3) is 0 Å². The van der Waals surface area contributed by atoms with Crippen LogP contribution in [0, 0.1) is 23.2 Å². The van der Waals surface area contributed by atoms with Crippen LogP contribution in [0.5, 0.6) is 0 Å². The molecule has 1 rings (SSSR count). The zero-order chi connectivity index (χ0) is 16.8. The molecular weight excluding hydrogens is 288 g/mol. The smallest absolute Gasteiger partial charge is 0.166 e. The van der Waals surface area contributed by atoms with E-state index in [2.05, 4.69) is 52.2 Å². The van der Waals surface area contributed by atoms with Gasteiger partial charge in [-0.2, -0.15) is 0 Å². The number of unbranched alkanes of at least 4 members (excludes halogenated alkanes) is 1. The molecule has 1 saturated carbocycles. The molecule has 22 heavy (non-hydrogen) atoms. The topological polar surface area (TPSA) is 24.1 Å². The highest BCUT2D eigenvalue weighted by Gasteiger charge is 2.40.